The number of carbonyl (C=O) groups is 1. The van der Waals surface area contributed by atoms with Crippen LogP contribution in [0.2, 0.25) is 0 Å². The topological polar surface area (TPSA) is 67.0 Å². The summed E-state index contributed by atoms with van der Waals surface area (Å²) in [5.41, 5.74) is 3.89. The van der Waals surface area contributed by atoms with Crippen molar-refractivity contribution in [3.05, 3.63) is 70.1 Å². The van der Waals surface area contributed by atoms with Crippen molar-refractivity contribution in [2.45, 2.75) is 26.8 Å². The Kier molecular flexibility index (Phi) is 4.94. The van der Waals surface area contributed by atoms with E-state index in [9.17, 15) is 10.1 Å². The molecule has 132 valence electrons. The fourth-order valence-corrected chi connectivity index (χ4v) is 3.23. The zero-order valence-corrected chi connectivity index (χ0v) is 15.2. The molecule has 0 saturated carbocycles. The SMILES string of the molecule is CCn1c2c(c(C#N)c1NC(=O)c1cccc(C)c1)C=CC(OC)=CC2. The molecule has 0 spiro atoms. The molecule has 1 amide bonds. The number of hydrogen-bond donors (Lipinski definition) is 1. The van der Waals surface area contributed by atoms with E-state index in [1.165, 1.54) is 0 Å². The normalized spacial score (nSPS) is 12.6. The van der Waals surface area contributed by atoms with E-state index in [0.29, 0.717) is 29.9 Å². The molecule has 26 heavy (non-hydrogen) atoms. The van der Waals surface area contributed by atoms with Crippen LogP contribution < -0.4 is 5.32 Å². The first-order valence-electron chi connectivity index (χ1n) is 8.54. The highest BCUT2D eigenvalue weighted by Crippen LogP contribution is 2.31. The van der Waals surface area contributed by atoms with Gasteiger partial charge in [-0.15, -0.1) is 0 Å². The van der Waals surface area contributed by atoms with Gasteiger partial charge in [0.05, 0.1) is 7.11 Å². The van der Waals surface area contributed by atoms with Gasteiger partial charge in [0.1, 0.15) is 23.2 Å². The maximum Gasteiger partial charge on any atom is 0.256 e. The molecule has 0 radical (unpaired) electrons. The number of aromatic nitrogens is 1. The first-order chi connectivity index (χ1) is 12.6. The summed E-state index contributed by atoms with van der Waals surface area (Å²) in [5.74, 6) is 1.09. The van der Waals surface area contributed by atoms with Gasteiger partial charge in [-0.05, 0) is 44.2 Å². The van der Waals surface area contributed by atoms with Crippen LogP contribution in [0.15, 0.2) is 42.2 Å². The number of nitriles is 1. The third-order valence-electron chi connectivity index (χ3n) is 4.50. The molecule has 0 fully saturated rings. The van der Waals surface area contributed by atoms with Crippen LogP contribution >= 0.6 is 0 Å². The number of anilines is 1. The minimum absolute atomic E-state index is 0.218. The monoisotopic (exact) mass is 347 g/mol. The summed E-state index contributed by atoms with van der Waals surface area (Å²) in [4.78, 5) is 12.7. The Bertz CT molecular complexity index is 958. The van der Waals surface area contributed by atoms with Crippen LogP contribution in [0.4, 0.5) is 5.82 Å². The van der Waals surface area contributed by atoms with Crippen molar-refractivity contribution in [2.24, 2.45) is 0 Å². The number of benzene rings is 1. The first kappa shape index (κ1) is 17.6. The zero-order valence-electron chi connectivity index (χ0n) is 15.2. The Hall–Kier alpha value is -3.26. The molecule has 1 N–H and O–H groups in total. The van der Waals surface area contributed by atoms with Crippen LogP contribution in [-0.4, -0.2) is 17.6 Å². The van der Waals surface area contributed by atoms with Gasteiger partial charge in [-0.1, -0.05) is 17.7 Å². The predicted octanol–water partition coefficient (Wildman–Crippen LogP) is 4.04. The van der Waals surface area contributed by atoms with Crippen molar-refractivity contribution in [1.82, 2.24) is 4.57 Å². The summed E-state index contributed by atoms with van der Waals surface area (Å²) in [6.07, 6.45) is 6.33. The van der Waals surface area contributed by atoms with Gasteiger partial charge in [-0.25, -0.2) is 0 Å². The van der Waals surface area contributed by atoms with Gasteiger partial charge in [0, 0.05) is 29.8 Å². The molecule has 2 aromatic rings. The summed E-state index contributed by atoms with van der Waals surface area (Å²) in [5, 5.41) is 12.7. The number of amides is 1. The van der Waals surface area contributed by atoms with E-state index in [0.717, 1.165) is 22.6 Å². The lowest BCUT2D eigenvalue weighted by atomic mass is 10.1. The fraction of sp³-hybridized carbons (Fsp3) is 0.238. The van der Waals surface area contributed by atoms with E-state index in [-0.39, 0.29) is 5.91 Å². The molecule has 0 unspecified atom stereocenters. The highest BCUT2D eigenvalue weighted by atomic mass is 16.5. The number of aryl methyl sites for hydroxylation is 1. The second-order valence-electron chi connectivity index (χ2n) is 6.11. The number of hydrogen-bond acceptors (Lipinski definition) is 3. The minimum Gasteiger partial charge on any atom is -0.497 e. The van der Waals surface area contributed by atoms with Crippen molar-refractivity contribution in [3.63, 3.8) is 0 Å². The Balaban J connectivity index is 2.04. The summed E-state index contributed by atoms with van der Waals surface area (Å²) in [6.45, 7) is 4.59. The highest BCUT2D eigenvalue weighted by Gasteiger charge is 2.23. The standard InChI is InChI=1S/C21H21N3O2/c1-4-24-19-11-9-16(26-3)8-10-17(19)18(13-22)20(24)23-21(25)15-7-5-6-14(2)12-15/h5-10,12H,4,11H2,1-3H3,(H,23,25). The molecule has 0 aliphatic heterocycles. The second kappa shape index (κ2) is 7.32. The van der Waals surface area contributed by atoms with Crippen molar-refractivity contribution < 1.29 is 9.53 Å². The maximum absolute atomic E-state index is 12.7. The van der Waals surface area contributed by atoms with E-state index in [1.807, 2.05) is 54.8 Å². The van der Waals surface area contributed by atoms with Gasteiger partial charge in [-0.2, -0.15) is 5.26 Å². The quantitative estimate of drug-likeness (QED) is 0.907. The number of fused-ring (bicyclic) bond motifs is 1. The van der Waals surface area contributed by atoms with E-state index >= 15 is 0 Å². The summed E-state index contributed by atoms with van der Waals surface area (Å²) in [6, 6.07) is 9.65. The zero-order chi connectivity index (χ0) is 18.7. The van der Waals surface area contributed by atoms with Gasteiger partial charge in [0.15, 0.2) is 0 Å². The van der Waals surface area contributed by atoms with Crippen molar-refractivity contribution >= 4 is 17.8 Å². The van der Waals surface area contributed by atoms with Gasteiger partial charge >= 0.3 is 0 Å². The average molecular weight is 347 g/mol. The molecule has 1 aromatic heterocycles. The molecule has 3 rings (SSSR count). The molecule has 0 atom stereocenters. The van der Waals surface area contributed by atoms with Gasteiger partial charge < -0.3 is 14.6 Å². The Morgan fingerprint density at radius 1 is 1.38 bits per heavy atom. The van der Waals surface area contributed by atoms with Gasteiger partial charge in [0.2, 0.25) is 0 Å². The van der Waals surface area contributed by atoms with Crippen molar-refractivity contribution in [1.29, 1.82) is 5.26 Å². The lowest BCUT2D eigenvalue weighted by Crippen LogP contribution is -2.16. The lowest BCUT2D eigenvalue weighted by molar-refractivity contribution is 0.102. The van der Waals surface area contributed by atoms with Crippen LogP contribution in [0, 0.1) is 18.3 Å². The third kappa shape index (κ3) is 3.14. The van der Waals surface area contributed by atoms with Crippen LogP contribution in [-0.2, 0) is 17.7 Å². The van der Waals surface area contributed by atoms with Crippen LogP contribution in [0.1, 0.15) is 39.7 Å². The molecule has 0 saturated heterocycles. The lowest BCUT2D eigenvalue weighted by Gasteiger charge is -2.12. The third-order valence-corrected chi connectivity index (χ3v) is 4.50. The summed E-state index contributed by atoms with van der Waals surface area (Å²) >= 11 is 0. The molecule has 0 bridgehead atoms. The van der Waals surface area contributed by atoms with Crippen LogP contribution in [0.3, 0.4) is 0 Å². The summed E-state index contributed by atoms with van der Waals surface area (Å²) in [7, 11) is 1.62. The number of carbonyl (C=O) groups excluding carboxylic acids is 1. The Morgan fingerprint density at radius 2 is 2.19 bits per heavy atom. The molecular weight excluding hydrogens is 326 g/mol. The largest absolute Gasteiger partial charge is 0.497 e. The van der Waals surface area contributed by atoms with Crippen LogP contribution in [0.5, 0.6) is 0 Å². The predicted molar refractivity (Wildman–Crippen MR) is 102 cm³/mol. The molecule has 5 heteroatoms. The van der Waals surface area contributed by atoms with Gasteiger partial charge in [0.25, 0.3) is 5.91 Å². The molecule has 1 aliphatic rings. The van der Waals surface area contributed by atoms with E-state index in [4.69, 9.17) is 4.74 Å². The van der Waals surface area contributed by atoms with Crippen molar-refractivity contribution in [3.8, 4) is 6.07 Å². The number of nitrogens with zero attached hydrogens (tertiary/aromatic N) is 2. The summed E-state index contributed by atoms with van der Waals surface area (Å²) < 4.78 is 7.28. The highest BCUT2D eigenvalue weighted by molar-refractivity contribution is 6.05. The molecule has 1 aliphatic carbocycles. The van der Waals surface area contributed by atoms with Crippen LogP contribution in [0.25, 0.3) is 6.08 Å². The maximum atomic E-state index is 12.7. The van der Waals surface area contributed by atoms with Crippen molar-refractivity contribution in [2.75, 3.05) is 12.4 Å². The first-order valence-corrected chi connectivity index (χ1v) is 8.54. The number of ether oxygens (including phenoxy) is 1. The fourth-order valence-electron chi connectivity index (χ4n) is 3.23. The molecule has 1 heterocycles. The molecule has 5 nitrogen and oxygen atoms in total. The Morgan fingerprint density at radius 3 is 2.85 bits per heavy atom. The molecule has 1 aromatic carbocycles. The number of rotatable bonds is 4. The second-order valence-corrected chi connectivity index (χ2v) is 6.11. The van der Waals surface area contributed by atoms with Gasteiger partial charge in [-0.3, -0.25) is 4.79 Å². The van der Waals surface area contributed by atoms with E-state index < -0.39 is 0 Å². The van der Waals surface area contributed by atoms with E-state index in [1.54, 1.807) is 13.2 Å². The number of methoxy groups -OCH3 is 1. The minimum atomic E-state index is -0.218. The smallest absolute Gasteiger partial charge is 0.256 e. The van der Waals surface area contributed by atoms with E-state index in [2.05, 4.69) is 11.4 Å². The average Bonchev–Trinajstić information content (AvgIpc) is 2.78. The number of allylic oxidation sites excluding steroid dienone is 2. The Labute approximate surface area is 153 Å². The molecular formula is C21H21N3O2. The number of nitrogens with one attached hydrogen (secondary N) is 1.